The summed E-state index contributed by atoms with van der Waals surface area (Å²) >= 11 is 0. The molecular formula is C20H18N2O3. The molecule has 1 amide bonds. The van der Waals surface area contributed by atoms with Crippen LogP contribution in [0.2, 0.25) is 0 Å². The molecule has 2 aromatic rings. The van der Waals surface area contributed by atoms with Gasteiger partial charge in [-0.1, -0.05) is 37.3 Å². The highest BCUT2D eigenvalue weighted by Crippen LogP contribution is 2.16. The number of anilines is 1. The molecule has 0 unspecified atom stereocenters. The number of rotatable bonds is 5. The standard InChI is InChI=1S/C20H18N2O3/c1-3-14-8-10-17(11-9-14)22-19(23)16(13-21)12-15-6-4-5-7-18(15)20(24)25-2/h4-12H,3H2,1-2H3,(H,22,23)/b16-12+. The lowest BCUT2D eigenvalue weighted by Crippen LogP contribution is -2.13. The molecule has 5 heteroatoms. The topological polar surface area (TPSA) is 79.2 Å². The summed E-state index contributed by atoms with van der Waals surface area (Å²) in [5.41, 5.74) is 2.39. The number of ether oxygens (including phenoxy) is 1. The van der Waals surface area contributed by atoms with Gasteiger partial charge in [0.1, 0.15) is 11.6 Å². The van der Waals surface area contributed by atoms with Crippen LogP contribution in [0.5, 0.6) is 0 Å². The molecule has 5 nitrogen and oxygen atoms in total. The quantitative estimate of drug-likeness (QED) is 0.515. The van der Waals surface area contributed by atoms with Gasteiger partial charge in [-0.25, -0.2) is 4.79 Å². The molecule has 0 aromatic heterocycles. The molecule has 25 heavy (non-hydrogen) atoms. The van der Waals surface area contributed by atoms with Crippen molar-refractivity contribution < 1.29 is 14.3 Å². The Morgan fingerprint density at radius 3 is 2.44 bits per heavy atom. The van der Waals surface area contributed by atoms with Crippen LogP contribution in [0.4, 0.5) is 5.69 Å². The van der Waals surface area contributed by atoms with Gasteiger partial charge in [0.05, 0.1) is 12.7 Å². The Hall–Kier alpha value is -3.39. The summed E-state index contributed by atoms with van der Waals surface area (Å²) in [5, 5.41) is 12.0. The molecule has 0 aliphatic carbocycles. The molecule has 2 rings (SSSR count). The number of amides is 1. The maximum absolute atomic E-state index is 12.3. The summed E-state index contributed by atoms with van der Waals surface area (Å²) in [6.45, 7) is 2.04. The van der Waals surface area contributed by atoms with Crippen molar-refractivity contribution in [3.63, 3.8) is 0 Å². The van der Waals surface area contributed by atoms with Crippen LogP contribution in [-0.4, -0.2) is 19.0 Å². The predicted octanol–water partition coefficient (Wildman–Crippen LogP) is 3.58. The van der Waals surface area contributed by atoms with E-state index < -0.39 is 11.9 Å². The van der Waals surface area contributed by atoms with Crippen molar-refractivity contribution in [1.29, 1.82) is 5.26 Å². The van der Waals surface area contributed by atoms with Gasteiger partial charge in [0, 0.05) is 5.69 Å². The van der Waals surface area contributed by atoms with E-state index in [1.165, 1.54) is 13.2 Å². The number of esters is 1. The molecule has 0 fully saturated rings. The lowest BCUT2D eigenvalue weighted by molar-refractivity contribution is -0.112. The summed E-state index contributed by atoms with van der Waals surface area (Å²) < 4.78 is 4.72. The van der Waals surface area contributed by atoms with Crippen molar-refractivity contribution in [3.05, 3.63) is 70.8 Å². The Morgan fingerprint density at radius 2 is 1.84 bits per heavy atom. The summed E-state index contributed by atoms with van der Waals surface area (Å²) in [6.07, 6.45) is 2.28. The van der Waals surface area contributed by atoms with Gasteiger partial charge in [0.25, 0.3) is 5.91 Å². The van der Waals surface area contributed by atoms with E-state index >= 15 is 0 Å². The van der Waals surface area contributed by atoms with Crippen LogP contribution in [0.15, 0.2) is 54.1 Å². The van der Waals surface area contributed by atoms with E-state index in [0.29, 0.717) is 11.3 Å². The fourth-order valence-electron chi connectivity index (χ4n) is 2.25. The van der Waals surface area contributed by atoms with Crippen LogP contribution in [0, 0.1) is 11.3 Å². The zero-order valence-corrected chi connectivity index (χ0v) is 14.1. The number of methoxy groups -OCH3 is 1. The van der Waals surface area contributed by atoms with E-state index in [2.05, 4.69) is 5.32 Å². The van der Waals surface area contributed by atoms with E-state index in [9.17, 15) is 14.9 Å². The Balaban J connectivity index is 2.26. The lowest BCUT2D eigenvalue weighted by Gasteiger charge is -2.07. The highest BCUT2D eigenvalue weighted by atomic mass is 16.5. The largest absolute Gasteiger partial charge is 0.465 e. The van der Waals surface area contributed by atoms with Gasteiger partial charge in [0.15, 0.2) is 0 Å². The zero-order chi connectivity index (χ0) is 18.2. The van der Waals surface area contributed by atoms with Gasteiger partial charge in [0.2, 0.25) is 0 Å². The Labute approximate surface area is 146 Å². The number of hydrogen-bond acceptors (Lipinski definition) is 4. The summed E-state index contributed by atoms with van der Waals surface area (Å²) in [7, 11) is 1.28. The van der Waals surface area contributed by atoms with Gasteiger partial charge < -0.3 is 10.1 Å². The third kappa shape index (κ3) is 4.55. The molecule has 2 aromatic carbocycles. The van der Waals surface area contributed by atoms with Crippen molar-refractivity contribution >= 4 is 23.6 Å². The van der Waals surface area contributed by atoms with E-state index in [0.717, 1.165) is 12.0 Å². The molecule has 1 N–H and O–H groups in total. The maximum Gasteiger partial charge on any atom is 0.338 e. The molecule has 0 aliphatic rings. The summed E-state index contributed by atoms with van der Waals surface area (Å²) in [6, 6.07) is 15.9. The fourth-order valence-corrected chi connectivity index (χ4v) is 2.25. The minimum absolute atomic E-state index is 0.101. The van der Waals surface area contributed by atoms with E-state index in [-0.39, 0.29) is 11.1 Å². The number of nitrogens with zero attached hydrogens (tertiary/aromatic N) is 1. The number of nitrogens with one attached hydrogen (secondary N) is 1. The van der Waals surface area contributed by atoms with Crippen molar-refractivity contribution in [2.24, 2.45) is 0 Å². The Morgan fingerprint density at radius 1 is 1.16 bits per heavy atom. The third-order valence-electron chi connectivity index (χ3n) is 3.65. The van der Waals surface area contributed by atoms with Crippen LogP contribution in [0.25, 0.3) is 6.08 Å². The van der Waals surface area contributed by atoms with Crippen LogP contribution in [0.1, 0.15) is 28.4 Å². The molecule has 126 valence electrons. The van der Waals surface area contributed by atoms with Crippen molar-refractivity contribution in [2.45, 2.75) is 13.3 Å². The van der Waals surface area contributed by atoms with Gasteiger partial charge in [-0.05, 0) is 41.8 Å². The van der Waals surface area contributed by atoms with Crippen molar-refractivity contribution in [2.75, 3.05) is 12.4 Å². The maximum atomic E-state index is 12.3. The first kappa shape index (κ1) is 18.0. The fraction of sp³-hybridized carbons (Fsp3) is 0.150. The van der Waals surface area contributed by atoms with Crippen LogP contribution in [0.3, 0.4) is 0 Å². The van der Waals surface area contributed by atoms with E-state index in [4.69, 9.17) is 4.74 Å². The SMILES string of the molecule is CCc1ccc(NC(=O)/C(C#N)=C/c2ccccc2C(=O)OC)cc1. The second-order valence-electron chi connectivity index (χ2n) is 5.25. The number of hydrogen-bond donors (Lipinski definition) is 1. The monoisotopic (exact) mass is 334 g/mol. The molecule has 0 saturated carbocycles. The second kappa shape index (κ2) is 8.46. The van der Waals surface area contributed by atoms with Crippen LogP contribution < -0.4 is 5.32 Å². The third-order valence-corrected chi connectivity index (χ3v) is 3.65. The average Bonchev–Trinajstić information content (AvgIpc) is 2.66. The number of aryl methyl sites for hydroxylation is 1. The van der Waals surface area contributed by atoms with Gasteiger partial charge in [-0.15, -0.1) is 0 Å². The molecule has 0 spiro atoms. The highest BCUT2D eigenvalue weighted by Gasteiger charge is 2.14. The minimum Gasteiger partial charge on any atom is -0.465 e. The smallest absolute Gasteiger partial charge is 0.338 e. The van der Waals surface area contributed by atoms with Crippen molar-refractivity contribution in [3.8, 4) is 6.07 Å². The average molecular weight is 334 g/mol. The molecule has 0 atom stereocenters. The summed E-state index contributed by atoms with van der Waals surface area (Å²) in [4.78, 5) is 24.1. The summed E-state index contributed by atoms with van der Waals surface area (Å²) in [5.74, 6) is -1.06. The lowest BCUT2D eigenvalue weighted by atomic mass is 10.0. The Kier molecular flexibility index (Phi) is 6.08. The number of benzene rings is 2. The minimum atomic E-state index is -0.536. The molecule has 0 saturated heterocycles. The zero-order valence-electron chi connectivity index (χ0n) is 14.1. The molecule has 0 aliphatic heterocycles. The van der Waals surface area contributed by atoms with Crippen molar-refractivity contribution in [1.82, 2.24) is 0 Å². The number of carbonyl (C=O) groups excluding carboxylic acids is 2. The van der Waals surface area contributed by atoms with Gasteiger partial charge in [-0.3, -0.25) is 4.79 Å². The normalized spacial score (nSPS) is 10.7. The highest BCUT2D eigenvalue weighted by molar-refractivity contribution is 6.10. The Bertz CT molecular complexity index is 846. The second-order valence-corrected chi connectivity index (χ2v) is 5.25. The first-order valence-corrected chi connectivity index (χ1v) is 7.78. The first-order valence-electron chi connectivity index (χ1n) is 7.78. The predicted molar refractivity (Wildman–Crippen MR) is 95.8 cm³/mol. The van der Waals surface area contributed by atoms with E-state index in [1.807, 2.05) is 25.1 Å². The molecule has 0 heterocycles. The first-order chi connectivity index (χ1) is 12.1. The molecule has 0 bridgehead atoms. The van der Waals surface area contributed by atoms with Gasteiger partial charge >= 0.3 is 5.97 Å². The van der Waals surface area contributed by atoms with Gasteiger partial charge in [-0.2, -0.15) is 5.26 Å². The van der Waals surface area contributed by atoms with Crippen LogP contribution >= 0.6 is 0 Å². The van der Waals surface area contributed by atoms with E-state index in [1.54, 1.807) is 36.4 Å². The number of carbonyl (C=O) groups is 2. The van der Waals surface area contributed by atoms with Crippen LogP contribution in [-0.2, 0) is 16.0 Å². The number of nitriles is 1. The molecule has 0 radical (unpaired) electrons. The molecular weight excluding hydrogens is 316 g/mol.